The summed E-state index contributed by atoms with van der Waals surface area (Å²) < 4.78 is 32.8. The molecule has 0 fully saturated rings. The van der Waals surface area contributed by atoms with E-state index in [1.807, 2.05) is 12.1 Å². The minimum absolute atomic E-state index is 0.217. The van der Waals surface area contributed by atoms with Gasteiger partial charge in [-0.15, -0.1) is 0 Å². The summed E-state index contributed by atoms with van der Waals surface area (Å²) in [5, 5.41) is 10.3. The number of para-hydroxylation sites is 1. The first-order valence-electron chi connectivity index (χ1n) is 6.02. The number of hydrogen-bond donors (Lipinski definition) is 1. The maximum atomic E-state index is 13.7. The first-order valence-corrected chi connectivity index (χ1v) is 6.02. The molecule has 1 heterocycles. The summed E-state index contributed by atoms with van der Waals surface area (Å²) in [5.41, 5.74) is 0.477. The monoisotopic (exact) mass is 262 g/mol. The number of rotatable bonds is 2. The topological polar surface area (TPSA) is 29.5 Å². The van der Waals surface area contributed by atoms with Crippen molar-refractivity contribution in [1.29, 1.82) is 0 Å². The molecule has 0 aromatic heterocycles. The Bertz CT molecular complexity index is 593. The van der Waals surface area contributed by atoms with Crippen LogP contribution >= 0.6 is 0 Å². The van der Waals surface area contributed by atoms with Gasteiger partial charge in [-0.1, -0.05) is 24.3 Å². The van der Waals surface area contributed by atoms with Gasteiger partial charge in [0.15, 0.2) is 0 Å². The molecule has 1 aliphatic rings. The summed E-state index contributed by atoms with van der Waals surface area (Å²) in [7, 11) is 0. The van der Waals surface area contributed by atoms with Crippen molar-refractivity contribution in [2.24, 2.45) is 0 Å². The van der Waals surface area contributed by atoms with E-state index in [0.29, 0.717) is 5.75 Å². The molecule has 3 rings (SSSR count). The zero-order valence-corrected chi connectivity index (χ0v) is 10.0. The molecule has 4 heteroatoms. The highest BCUT2D eigenvalue weighted by Gasteiger charge is 2.33. The maximum Gasteiger partial charge on any atom is 0.131 e. The van der Waals surface area contributed by atoms with Crippen LogP contribution in [0.25, 0.3) is 0 Å². The van der Waals surface area contributed by atoms with Gasteiger partial charge in [0, 0.05) is 5.56 Å². The van der Waals surface area contributed by atoms with Gasteiger partial charge >= 0.3 is 0 Å². The molecule has 2 aromatic rings. The van der Waals surface area contributed by atoms with Gasteiger partial charge in [-0.2, -0.15) is 0 Å². The van der Waals surface area contributed by atoms with Crippen LogP contribution < -0.4 is 4.74 Å². The number of ether oxygens (including phenoxy) is 1. The van der Waals surface area contributed by atoms with E-state index in [1.54, 1.807) is 12.1 Å². The fraction of sp³-hybridized carbons (Fsp3) is 0.200. The molecule has 0 radical (unpaired) electrons. The van der Waals surface area contributed by atoms with Crippen molar-refractivity contribution >= 4 is 0 Å². The van der Waals surface area contributed by atoms with Gasteiger partial charge < -0.3 is 9.84 Å². The van der Waals surface area contributed by atoms with E-state index in [0.717, 1.165) is 17.7 Å². The van der Waals surface area contributed by atoms with E-state index in [4.69, 9.17) is 4.74 Å². The van der Waals surface area contributed by atoms with Crippen molar-refractivity contribution in [2.45, 2.75) is 12.0 Å². The van der Waals surface area contributed by atoms with Gasteiger partial charge in [-0.3, -0.25) is 0 Å². The predicted molar refractivity (Wildman–Crippen MR) is 66.0 cm³/mol. The zero-order chi connectivity index (χ0) is 13.4. The Hall–Kier alpha value is -1.94. The molecule has 0 saturated carbocycles. The lowest BCUT2D eigenvalue weighted by Crippen LogP contribution is -2.15. The lowest BCUT2D eigenvalue weighted by atomic mass is 9.90. The highest BCUT2D eigenvalue weighted by atomic mass is 19.1. The Morgan fingerprint density at radius 1 is 1.05 bits per heavy atom. The molecular formula is C15H12F2O2. The van der Waals surface area contributed by atoms with Crippen LogP contribution in [0.3, 0.4) is 0 Å². The van der Waals surface area contributed by atoms with E-state index in [2.05, 4.69) is 0 Å². The maximum absolute atomic E-state index is 13.7. The first-order chi connectivity index (χ1) is 9.18. The largest absolute Gasteiger partial charge is 0.493 e. The summed E-state index contributed by atoms with van der Waals surface area (Å²) in [6, 6.07) is 10.8. The molecule has 2 aromatic carbocycles. The Labute approximate surface area is 109 Å². The van der Waals surface area contributed by atoms with Crippen LogP contribution in [0.2, 0.25) is 0 Å². The van der Waals surface area contributed by atoms with Crippen LogP contribution in [0.1, 0.15) is 23.1 Å². The van der Waals surface area contributed by atoms with Gasteiger partial charge in [0.2, 0.25) is 0 Å². The second-order valence-electron chi connectivity index (χ2n) is 4.54. The summed E-state index contributed by atoms with van der Waals surface area (Å²) in [5.74, 6) is -1.28. The van der Waals surface area contributed by atoms with Crippen LogP contribution in [0.5, 0.6) is 5.75 Å². The van der Waals surface area contributed by atoms with Gasteiger partial charge in [0.05, 0.1) is 24.2 Å². The van der Waals surface area contributed by atoms with Crippen molar-refractivity contribution in [3.63, 3.8) is 0 Å². The third-order valence-corrected chi connectivity index (χ3v) is 3.41. The van der Waals surface area contributed by atoms with E-state index in [-0.39, 0.29) is 12.2 Å². The SMILES string of the molecule is OC(c1c(F)cccc1F)C1COc2ccccc21. The summed E-state index contributed by atoms with van der Waals surface area (Å²) in [6.45, 7) is 0.217. The molecule has 2 atom stereocenters. The normalized spacial score (nSPS) is 18.8. The van der Waals surface area contributed by atoms with Gasteiger partial charge in [-0.05, 0) is 18.2 Å². The summed E-state index contributed by atoms with van der Waals surface area (Å²) >= 11 is 0. The van der Waals surface area contributed by atoms with E-state index >= 15 is 0 Å². The molecule has 0 saturated heterocycles. The van der Waals surface area contributed by atoms with Gasteiger partial charge in [0.1, 0.15) is 17.4 Å². The predicted octanol–water partition coefficient (Wildman–Crippen LogP) is 3.17. The number of fused-ring (bicyclic) bond motifs is 1. The molecule has 1 N–H and O–H groups in total. The average molecular weight is 262 g/mol. The van der Waals surface area contributed by atoms with Crippen LogP contribution in [0.4, 0.5) is 8.78 Å². The molecule has 0 spiro atoms. The smallest absolute Gasteiger partial charge is 0.131 e. The van der Waals surface area contributed by atoms with Crippen LogP contribution in [-0.4, -0.2) is 11.7 Å². The van der Waals surface area contributed by atoms with Crippen LogP contribution in [-0.2, 0) is 0 Å². The molecule has 2 unspecified atom stereocenters. The Morgan fingerprint density at radius 2 is 1.74 bits per heavy atom. The third kappa shape index (κ3) is 1.98. The molecule has 19 heavy (non-hydrogen) atoms. The average Bonchev–Trinajstić information content (AvgIpc) is 2.82. The van der Waals surface area contributed by atoms with E-state index in [9.17, 15) is 13.9 Å². The van der Waals surface area contributed by atoms with Crippen molar-refractivity contribution in [3.8, 4) is 5.75 Å². The Balaban J connectivity index is 2.00. The number of aliphatic hydroxyl groups is 1. The fourth-order valence-electron chi connectivity index (χ4n) is 2.44. The molecule has 0 bridgehead atoms. The molecule has 0 aliphatic carbocycles. The first kappa shape index (κ1) is 12.1. The van der Waals surface area contributed by atoms with Gasteiger partial charge in [-0.25, -0.2) is 8.78 Å². The van der Waals surface area contributed by atoms with Crippen molar-refractivity contribution in [1.82, 2.24) is 0 Å². The van der Waals surface area contributed by atoms with Crippen LogP contribution in [0, 0.1) is 11.6 Å². The number of benzene rings is 2. The highest BCUT2D eigenvalue weighted by Crippen LogP contribution is 2.42. The highest BCUT2D eigenvalue weighted by molar-refractivity contribution is 5.42. The van der Waals surface area contributed by atoms with Crippen LogP contribution in [0.15, 0.2) is 42.5 Å². The van der Waals surface area contributed by atoms with E-state index < -0.39 is 23.7 Å². The Kier molecular flexibility index (Phi) is 2.95. The summed E-state index contributed by atoms with van der Waals surface area (Å²) in [4.78, 5) is 0. The second kappa shape index (κ2) is 4.63. The van der Waals surface area contributed by atoms with Crippen molar-refractivity contribution < 1.29 is 18.6 Å². The molecule has 0 amide bonds. The second-order valence-corrected chi connectivity index (χ2v) is 4.54. The molecular weight excluding hydrogens is 250 g/mol. The number of halogens is 2. The van der Waals surface area contributed by atoms with E-state index in [1.165, 1.54) is 6.07 Å². The summed E-state index contributed by atoms with van der Waals surface area (Å²) in [6.07, 6.45) is -1.26. The number of hydrogen-bond acceptors (Lipinski definition) is 2. The quantitative estimate of drug-likeness (QED) is 0.900. The third-order valence-electron chi connectivity index (χ3n) is 3.41. The standard InChI is InChI=1S/C15H12F2O2/c16-11-5-3-6-12(17)14(11)15(18)10-8-19-13-7-2-1-4-9(10)13/h1-7,10,15,18H,8H2. The lowest BCUT2D eigenvalue weighted by Gasteiger charge is -2.18. The van der Waals surface area contributed by atoms with Crippen molar-refractivity contribution in [2.75, 3.05) is 6.61 Å². The number of aliphatic hydroxyl groups excluding tert-OH is 1. The molecule has 1 aliphatic heterocycles. The minimum atomic E-state index is -1.26. The lowest BCUT2D eigenvalue weighted by molar-refractivity contribution is 0.122. The zero-order valence-electron chi connectivity index (χ0n) is 10.0. The fourth-order valence-corrected chi connectivity index (χ4v) is 2.44. The van der Waals surface area contributed by atoms with Gasteiger partial charge in [0.25, 0.3) is 0 Å². The minimum Gasteiger partial charge on any atom is -0.493 e. The van der Waals surface area contributed by atoms with Crippen molar-refractivity contribution in [3.05, 3.63) is 65.2 Å². The Morgan fingerprint density at radius 3 is 2.47 bits per heavy atom. The molecule has 2 nitrogen and oxygen atoms in total. The molecule has 98 valence electrons.